The van der Waals surface area contributed by atoms with Crippen molar-refractivity contribution in [3.8, 4) is 11.5 Å². The number of aromatic nitrogens is 7. The number of hydrogen-bond acceptors (Lipinski definition) is 6. The van der Waals surface area contributed by atoms with Crippen LogP contribution in [0.3, 0.4) is 0 Å². The number of hydrogen-bond donors (Lipinski definition) is 1. The van der Waals surface area contributed by atoms with E-state index in [2.05, 4.69) is 25.0 Å². The lowest BCUT2D eigenvalue weighted by Crippen LogP contribution is -2.10. The van der Waals surface area contributed by atoms with Crippen LogP contribution in [0.25, 0.3) is 17.2 Å². The zero-order valence-electron chi connectivity index (χ0n) is 14.7. The number of fused-ring (bicyclic) bond motifs is 1. The van der Waals surface area contributed by atoms with Crippen LogP contribution < -0.4 is 0 Å². The predicted molar refractivity (Wildman–Crippen MR) is 95.4 cm³/mol. The third-order valence-electron chi connectivity index (χ3n) is 4.24. The molecule has 0 spiro atoms. The van der Waals surface area contributed by atoms with Crippen LogP contribution in [0.5, 0.6) is 0 Å². The van der Waals surface area contributed by atoms with Gasteiger partial charge in [0.05, 0.1) is 12.2 Å². The minimum absolute atomic E-state index is 0.0805. The van der Waals surface area contributed by atoms with Gasteiger partial charge in [-0.3, -0.25) is 0 Å². The molecule has 0 aliphatic rings. The lowest BCUT2D eigenvalue weighted by Gasteiger charge is -2.12. The summed E-state index contributed by atoms with van der Waals surface area (Å²) in [5, 5.41) is 13.6. The van der Waals surface area contributed by atoms with E-state index in [1.54, 1.807) is 35.4 Å². The highest BCUT2D eigenvalue weighted by Gasteiger charge is 2.15. The second kappa shape index (κ2) is 7.20. The molecule has 0 amide bonds. The molecule has 9 heteroatoms. The first kappa shape index (κ1) is 17.2. The Morgan fingerprint density at radius 1 is 1.19 bits per heavy atom. The largest absolute Gasteiger partial charge is 0.396 e. The molecule has 0 saturated heterocycles. The van der Waals surface area contributed by atoms with Gasteiger partial charge in [-0.05, 0) is 31.9 Å². The molecule has 0 aromatic carbocycles. The molecule has 0 fully saturated rings. The zero-order chi connectivity index (χ0) is 18.8. The summed E-state index contributed by atoms with van der Waals surface area (Å²) in [5.41, 5.74) is 2.92. The molecule has 0 unspecified atom stereocenters. The number of aliphatic hydroxyl groups excluding tert-OH is 1. The molecular formula is C18H18FN7O. The Bertz CT molecular complexity index is 1090. The van der Waals surface area contributed by atoms with Gasteiger partial charge in [-0.15, -0.1) is 0 Å². The van der Waals surface area contributed by atoms with Gasteiger partial charge < -0.3 is 9.67 Å². The van der Waals surface area contributed by atoms with Gasteiger partial charge in [0.1, 0.15) is 17.8 Å². The van der Waals surface area contributed by atoms with Crippen LogP contribution in [0.15, 0.2) is 36.9 Å². The molecule has 0 saturated carbocycles. The van der Waals surface area contributed by atoms with E-state index in [-0.39, 0.29) is 6.61 Å². The number of aliphatic hydroxyl groups is 1. The van der Waals surface area contributed by atoms with E-state index >= 15 is 0 Å². The van der Waals surface area contributed by atoms with Crippen molar-refractivity contribution in [2.24, 2.45) is 0 Å². The van der Waals surface area contributed by atoms with Crippen LogP contribution in [0.4, 0.5) is 4.39 Å². The molecule has 0 aliphatic carbocycles. The maximum Gasteiger partial charge on any atom is 0.213 e. The number of aryl methyl sites for hydroxylation is 2. The lowest BCUT2D eigenvalue weighted by atomic mass is 10.1. The topological polar surface area (TPSA) is 94.0 Å². The van der Waals surface area contributed by atoms with Crippen LogP contribution in [0.2, 0.25) is 0 Å². The highest BCUT2D eigenvalue weighted by atomic mass is 19.1. The van der Waals surface area contributed by atoms with Crippen LogP contribution in [-0.2, 0) is 13.0 Å². The van der Waals surface area contributed by atoms with E-state index in [9.17, 15) is 9.50 Å². The van der Waals surface area contributed by atoms with Gasteiger partial charge in [-0.25, -0.2) is 24.5 Å². The minimum atomic E-state index is -0.552. The van der Waals surface area contributed by atoms with Crippen LogP contribution in [0, 0.1) is 12.9 Å². The van der Waals surface area contributed by atoms with Crippen molar-refractivity contribution in [3.63, 3.8) is 0 Å². The highest BCUT2D eigenvalue weighted by molar-refractivity contribution is 5.51. The van der Waals surface area contributed by atoms with E-state index in [0.29, 0.717) is 36.7 Å². The monoisotopic (exact) mass is 367 g/mol. The Labute approximate surface area is 154 Å². The highest BCUT2D eigenvalue weighted by Crippen LogP contribution is 2.20. The number of imidazole rings is 1. The lowest BCUT2D eigenvalue weighted by molar-refractivity contribution is 0.288. The molecule has 0 aliphatic heterocycles. The first-order chi connectivity index (χ1) is 13.2. The molecule has 27 heavy (non-hydrogen) atoms. The zero-order valence-corrected chi connectivity index (χ0v) is 14.7. The summed E-state index contributed by atoms with van der Waals surface area (Å²) in [7, 11) is 0. The van der Waals surface area contributed by atoms with Gasteiger partial charge in [0.15, 0.2) is 11.5 Å². The van der Waals surface area contributed by atoms with Crippen molar-refractivity contribution in [2.75, 3.05) is 6.61 Å². The van der Waals surface area contributed by atoms with Crippen LogP contribution in [-0.4, -0.2) is 45.8 Å². The fraction of sp³-hybridized carbons (Fsp3) is 0.278. The summed E-state index contributed by atoms with van der Waals surface area (Å²) in [6.07, 6.45) is 6.31. The smallest absolute Gasteiger partial charge is 0.213 e. The second-order valence-corrected chi connectivity index (χ2v) is 6.15. The normalized spacial score (nSPS) is 11.4. The average Bonchev–Trinajstić information content (AvgIpc) is 3.26. The number of nitrogens with zero attached hydrogens (tertiary/aromatic N) is 7. The van der Waals surface area contributed by atoms with E-state index < -0.39 is 5.95 Å². The average molecular weight is 367 g/mol. The predicted octanol–water partition coefficient (Wildman–Crippen LogP) is 1.80. The van der Waals surface area contributed by atoms with E-state index in [1.807, 2.05) is 11.5 Å². The van der Waals surface area contributed by atoms with Crippen molar-refractivity contribution in [3.05, 3.63) is 59.9 Å². The van der Waals surface area contributed by atoms with Crippen molar-refractivity contribution in [1.82, 2.24) is 34.1 Å². The molecular weight excluding hydrogens is 349 g/mol. The summed E-state index contributed by atoms with van der Waals surface area (Å²) >= 11 is 0. The first-order valence-corrected chi connectivity index (χ1v) is 8.60. The van der Waals surface area contributed by atoms with Gasteiger partial charge in [0.2, 0.25) is 5.95 Å². The minimum Gasteiger partial charge on any atom is -0.396 e. The molecule has 0 bridgehead atoms. The second-order valence-electron chi connectivity index (χ2n) is 6.15. The molecule has 4 rings (SSSR count). The van der Waals surface area contributed by atoms with Gasteiger partial charge in [0, 0.05) is 24.6 Å². The molecule has 0 radical (unpaired) electrons. The third kappa shape index (κ3) is 3.41. The number of halogens is 1. The number of pyridine rings is 1. The molecule has 4 aromatic heterocycles. The van der Waals surface area contributed by atoms with Gasteiger partial charge in [-0.2, -0.15) is 9.49 Å². The fourth-order valence-corrected chi connectivity index (χ4v) is 3.06. The Hall–Kier alpha value is -3.20. The SMILES string of the molecule is Cc1nc2c(CCCO)c(Cn3ccnc3-c3cccc(F)n3)ncn2n1. The van der Waals surface area contributed by atoms with E-state index in [4.69, 9.17) is 0 Å². The Morgan fingerprint density at radius 3 is 2.89 bits per heavy atom. The van der Waals surface area contributed by atoms with Gasteiger partial charge in [0.25, 0.3) is 0 Å². The summed E-state index contributed by atoms with van der Waals surface area (Å²) in [5.74, 6) is 0.664. The molecule has 0 atom stereocenters. The molecule has 4 heterocycles. The van der Waals surface area contributed by atoms with Crippen molar-refractivity contribution >= 4 is 5.65 Å². The van der Waals surface area contributed by atoms with Crippen molar-refractivity contribution in [2.45, 2.75) is 26.3 Å². The summed E-state index contributed by atoms with van der Waals surface area (Å²) < 4.78 is 17.0. The Balaban J connectivity index is 1.75. The van der Waals surface area contributed by atoms with Gasteiger partial charge >= 0.3 is 0 Å². The summed E-state index contributed by atoms with van der Waals surface area (Å²) in [6.45, 7) is 2.33. The van der Waals surface area contributed by atoms with E-state index in [1.165, 1.54) is 6.07 Å². The molecule has 1 N–H and O–H groups in total. The van der Waals surface area contributed by atoms with E-state index in [0.717, 1.165) is 16.9 Å². The van der Waals surface area contributed by atoms with Crippen LogP contribution >= 0.6 is 0 Å². The fourth-order valence-electron chi connectivity index (χ4n) is 3.06. The molecule has 138 valence electrons. The number of rotatable bonds is 6. The molecule has 8 nitrogen and oxygen atoms in total. The maximum atomic E-state index is 13.5. The Kier molecular flexibility index (Phi) is 4.59. The van der Waals surface area contributed by atoms with Crippen LogP contribution in [0.1, 0.15) is 23.5 Å². The Morgan fingerprint density at radius 2 is 2.07 bits per heavy atom. The van der Waals surface area contributed by atoms with Gasteiger partial charge in [-0.1, -0.05) is 6.07 Å². The maximum absolute atomic E-state index is 13.5. The summed E-state index contributed by atoms with van der Waals surface area (Å²) in [6, 6.07) is 4.62. The van der Waals surface area contributed by atoms with Crippen molar-refractivity contribution < 1.29 is 9.50 Å². The standard InChI is InChI=1S/C18H18FN7O/c1-12-22-17-13(4-3-9-27)15(21-11-26(17)24-12)10-25-8-7-20-18(25)14-5-2-6-16(19)23-14/h2,5-8,11,27H,3-4,9-10H2,1H3. The quantitative estimate of drug-likeness (QED) is 0.522. The molecule has 4 aromatic rings. The van der Waals surface area contributed by atoms with Crippen molar-refractivity contribution in [1.29, 1.82) is 0 Å². The third-order valence-corrected chi connectivity index (χ3v) is 4.24. The first-order valence-electron chi connectivity index (χ1n) is 8.60. The summed E-state index contributed by atoms with van der Waals surface area (Å²) in [4.78, 5) is 17.3.